The zero-order chi connectivity index (χ0) is 16.1. The standard InChI is InChI=1S/C18H32O4/c1-11-7-17(8-12(2)15(11)5)19-21-18(22-20-17)9-13(3)16(6)14(4)10-18/h11-16H,7-10H2,1-6H3. The first-order chi connectivity index (χ1) is 10.3. The normalized spacial score (nSPS) is 56.5. The summed E-state index contributed by atoms with van der Waals surface area (Å²) >= 11 is 0. The highest BCUT2D eigenvalue weighted by Gasteiger charge is 2.55. The summed E-state index contributed by atoms with van der Waals surface area (Å²) in [5.41, 5.74) is 0. The third-order valence-electron chi connectivity index (χ3n) is 6.81. The Morgan fingerprint density at radius 2 is 0.727 bits per heavy atom. The summed E-state index contributed by atoms with van der Waals surface area (Å²) in [5.74, 6) is 2.05. The van der Waals surface area contributed by atoms with Crippen LogP contribution in [0.4, 0.5) is 0 Å². The third-order valence-corrected chi connectivity index (χ3v) is 6.81. The van der Waals surface area contributed by atoms with Gasteiger partial charge in [0, 0.05) is 25.7 Å². The van der Waals surface area contributed by atoms with Gasteiger partial charge in [-0.3, -0.25) is 0 Å². The number of hydrogen-bond acceptors (Lipinski definition) is 4. The molecular weight excluding hydrogens is 280 g/mol. The maximum atomic E-state index is 5.87. The van der Waals surface area contributed by atoms with Crippen LogP contribution in [0, 0.1) is 35.5 Å². The molecule has 0 aromatic rings. The summed E-state index contributed by atoms with van der Waals surface area (Å²) in [6.07, 6.45) is 3.32. The van der Waals surface area contributed by atoms with Gasteiger partial charge in [-0.05, 0) is 35.5 Å². The van der Waals surface area contributed by atoms with Gasteiger partial charge in [-0.15, -0.1) is 0 Å². The molecule has 2 saturated carbocycles. The van der Waals surface area contributed by atoms with Gasteiger partial charge in [0.1, 0.15) is 0 Å². The fourth-order valence-corrected chi connectivity index (χ4v) is 4.60. The van der Waals surface area contributed by atoms with Crippen LogP contribution < -0.4 is 0 Å². The van der Waals surface area contributed by atoms with Gasteiger partial charge >= 0.3 is 0 Å². The summed E-state index contributed by atoms with van der Waals surface area (Å²) in [5, 5.41) is 0. The van der Waals surface area contributed by atoms with Crippen LogP contribution in [0.5, 0.6) is 0 Å². The summed E-state index contributed by atoms with van der Waals surface area (Å²) in [4.78, 5) is 23.5. The van der Waals surface area contributed by atoms with Crippen LogP contribution >= 0.6 is 0 Å². The van der Waals surface area contributed by atoms with Crippen LogP contribution in [0.3, 0.4) is 0 Å². The largest absolute Gasteiger partial charge is 0.234 e. The van der Waals surface area contributed by atoms with E-state index < -0.39 is 11.6 Å². The first kappa shape index (κ1) is 16.7. The Hall–Kier alpha value is -0.160. The van der Waals surface area contributed by atoms with Gasteiger partial charge in [0.2, 0.25) is 11.6 Å². The number of hydrogen-bond donors (Lipinski definition) is 0. The first-order valence-corrected chi connectivity index (χ1v) is 8.99. The summed E-state index contributed by atoms with van der Waals surface area (Å²) in [7, 11) is 0. The van der Waals surface area contributed by atoms with E-state index in [1.165, 1.54) is 0 Å². The van der Waals surface area contributed by atoms with E-state index in [-0.39, 0.29) is 0 Å². The predicted octanol–water partition coefficient (Wildman–Crippen LogP) is 4.69. The fraction of sp³-hybridized carbons (Fsp3) is 1.00. The Morgan fingerprint density at radius 1 is 0.500 bits per heavy atom. The monoisotopic (exact) mass is 312 g/mol. The predicted molar refractivity (Wildman–Crippen MR) is 83.3 cm³/mol. The molecule has 3 aliphatic rings. The quantitative estimate of drug-likeness (QED) is 0.608. The van der Waals surface area contributed by atoms with Crippen LogP contribution in [0.25, 0.3) is 0 Å². The second kappa shape index (κ2) is 5.73. The lowest BCUT2D eigenvalue weighted by molar-refractivity contribution is -0.667. The molecule has 1 aliphatic heterocycles. The minimum atomic E-state index is -0.716. The van der Waals surface area contributed by atoms with E-state index in [0.717, 1.165) is 25.7 Å². The van der Waals surface area contributed by atoms with Gasteiger partial charge in [-0.2, -0.15) is 19.6 Å². The van der Waals surface area contributed by atoms with E-state index in [4.69, 9.17) is 19.6 Å². The number of rotatable bonds is 0. The van der Waals surface area contributed by atoms with Crippen LogP contribution in [-0.4, -0.2) is 11.6 Å². The Kier molecular flexibility index (Phi) is 4.35. The van der Waals surface area contributed by atoms with Crippen molar-refractivity contribution in [3.8, 4) is 0 Å². The highest BCUT2D eigenvalue weighted by atomic mass is 17.4. The molecule has 2 aliphatic carbocycles. The highest BCUT2D eigenvalue weighted by molar-refractivity contribution is 4.89. The van der Waals surface area contributed by atoms with Gasteiger partial charge < -0.3 is 0 Å². The maximum absolute atomic E-state index is 5.87. The van der Waals surface area contributed by atoms with Crippen LogP contribution in [-0.2, 0) is 19.6 Å². The molecule has 0 radical (unpaired) electrons. The minimum absolute atomic E-state index is 0.536. The Labute approximate surface area is 134 Å². The van der Waals surface area contributed by atoms with Gasteiger partial charge in [0.25, 0.3) is 0 Å². The third kappa shape index (κ3) is 2.83. The smallest absolute Gasteiger partial charge is 0.195 e. The van der Waals surface area contributed by atoms with E-state index in [2.05, 4.69) is 41.5 Å². The van der Waals surface area contributed by atoms with Crippen molar-refractivity contribution in [3.63, 3.8) is 0 Å². The molecule has 128 valence electrons. The Morgan fingerprint density at radius 3 is 0.955 bits per heavy atom. The Bertz CT molecular complexity index is 336. The van der Waals surface area contributed by atoms with E-state index in [0.29, 0.717) is 35.5 Å². The lowest BCUT2D eigenvalue weighted by Crippen LogP contribution is -2.57. The maximum Gasteiger partial charge on any atom is 0.234 e. The van der Waals surface area contributed by atoms with Crippen molar-refractivity contribution in [1.29, 1.82) is 0 Å². The van der Waals surface area contributed by atoms with E-state index >= 15 is 0 Å². The molecule has 0 amide bonds. The molecule has 1 heterocycles. The molecule has 3 fully saturated rings. The van der Waals surface area contributed by atoms with Crippen LogP contribution in [0.2, 0.25) is 0 Å². The van der Waals surface area contributed by atoms with Gasteiger partial charge in [-0.25, -0.2) is 0 Å². The molecule has 4 nitrogen and oxygen atoms in total. The van der Waals surface area contributed by atoms with Gasteiger partial charge in [-0.1, -0.05) is 41.5 Å². The lowest BCUT2D eigenvalue weighted by atomic mass is 9.71. The van der Waals surface area contributed by atoms with Crippen molar-refractivity contribution in [2.24, 2.45) is 35.5 Å². The van der Waals surface area contributed by atoms with Gasteiger partial charge in [0.05, 0.1) is 0 Å². The van der Waals surface area contributed by atoms with E-state index in [9.17, 15) is 0 Å². The zero-order valence-electron chi connectivity index (χ0n) is 14.9. The van der Waals surface area contributed by atoms with Crippen LogP contribution in [0.1, 0.15) is 67.2 Å². The van der Waals surface area contributed by atoms with Gasteiger partial charge in [0.15, 0.2) is 0 Å². The van der Waals surface area contributed by atoms with Crippen molar-refractivity contribution in [1.82, 2.24) is 0 Å². The molecule has 0 bridgehead atoms. The summed E-state index contributed by atoms with van der Waals surface area (Å²) < 4.78 is 0. The van der Waals surface area contributed by atoms with Crippen LogP contribution in [0.15, 0.2) is 0 Å². The molecule has 0 N–H and O–H groups in total. The molecule has 4 atom stereocenters. The molecule has 0 aromatic heterocycles. The van der Waals surface area contributed by atoms with Crippen molar-refractivity contribution < 1.29 is 19.6 Å². The topological polar surface area (TPSA) is 36.9 Å². The van der Waals surface area contributed by atoms with E-state index in [1.807, 2.05) is 0 Å². The SMILES string of the molecule is CC1CC2(CC(C)C1C)OOC1(CC(C)C(C)C(C)C1)OO2. The average molecular weight is 312 g/mol. The summed E-state index contributed by atoms with van der Waals surface area (Å²) in [6.45, 7) is 13.6. The van der Waals surface area contributed by atoms with Crippen molar-refractivity contribution in [2.45, 2.75) is 78.8 Å². The minimum Gasteiger partial charge on any atom is -0.195 e. The lowest BCUT2D eigenvalue weighted by Gasteiger charge is -2.51. The van der Waals surface area contributed by atoms with Crippen molar-refractivity contribution in [2.75, 3.05) is 0 Å². The molecule has 3 rings (SSSR count). The molecular formula is C18H32O4. The zero-order valence-corrected chi connectivity index (χ0v) is 14.9. The van der Waals surface area contributed by atoms with Crippen molar-refractivity contribution in [3.05, 3.63) is 0 Å². The first-order valence-electron chi connectivity index (χ1n) is 8.99. The molecule has 4 unspecified atom stereocenters. The van der Waals surface area contributed by atoms with E-state index in [1.54, 1.807) is 0 Å². The van der Waals surface area contributed by atoms with Crippen molar-refractivity contribution >= 4 is 0 Å². The second-order valence-electron chi connectivity index (χ2n) is 8.60. The summed E-state index contributed by atoms with van der Waals surface area (Å²) in [6, 6.07) is 0. The molecule has 2 spiro atoms. The second-order valence-corrected chi connectivity index (χ2v) is 8.60. The molecule has 22 heavy (non-hydrogen) atoms. The molecule has 0 aromatic carbocycles. The Balaban J connectivity index is 1.67. The highest BCUT2D eigenvalue weighted by Crippen LogP contribution is 2.50. The molecule has 4 heteroatoms. The average Bonchev–Trinajstić information content (AvgIpc) is 2.46. The molecule has 1 saturated heterocycles. The fourth-order valence-electron chi connectivity index (χ4n) is 4.60.